The van der Waals surface area contributed by atoms with E-state index in [1.54, 1.807) is 18.5 Å². The summed E-state index contributed by atoms with van der Waals surface area (Å²) in [5.41, 5.74) is 1.68. The van der Waals surface area contributed by atoms with Gasteiger partial charge in [-0.3, -0.25) is 9.78 Å². The van der Waals surface area contributed by atoms with Crippen molar-refractivity contribution >= 4 is 50.5 Å². The monoisotopic (exact) mass is 359 g/mol. The molecule has 0 atom stereocenters. The molecule has 1 aromatic heterocycles. The number of carbonyl (C=O) groups excluding carboxylic acids is 1. The van der Waals surface area contributed by atoms with E-state index in [1.165, 1.54) is 11.8 Å². The molecule has 0 unspecified atom stereocenters. The topological polar surface area (TPSA) is 54.4 Å². The molecule has 1 amide bonds. The maximum Gasteiger partial charge on any atom is 0.264 e. The van der Waals surface area contributed by atoms with Gasteiger partial charge in [0.1, 0.15) is 0 Å². The highest BCUT2D eigenvalue weighted by Gasteiger charge is 2.23. The van der Waals surface area contributed by atoms with Crippen molar-refractivity contribution in [2.75, 3.05) is 0 Å². The third-order valence-corrected chi connectivity index (χ3v) is 4.13. The molecule has 1 aromatic carbocycles. The molecule has 2 heterocycles. The molecule has 0 aliphatic carbocycles. The number of nitrogens with one attached hydrogen (secondary N) is 1. The van der Waals surface area contributed by atoms with E-state index in [1.807, 2.05) is 36.4 Å². The third kappa shape index (κ3) is 3.59. The minimum Gasteiger partial charge on any atom is -0.300 e. The van der Waals surface area contributed by atoms with Crippen LogP contribution in [0.4, 0.5) is 5.69 Å². The quantitative estimate of drug-likeness (QED) is 0.831. The lowest BCUT2D eigenvalue weighted by atomic mass is 10.2. The normalized spacial score (nSPS) is 18.2. The van der Waals surface area contributed by atoms with Crippen LogP contribution >= 0.6 is 27.7 Å². The van der Waals surface area contributed by atoms with Gasteiger partial charge in [-0.05, 0) is 53.7 Å². The lowest BCUT2D eigenvalue weighted by Crippen LogP contribution is -2.19. The van der Waals surface area contributed by atoms with Crippen molar-refractivity contribution in [2.24, 2.45) is 4.99 Å². The fourth-order valence-electron chi connectivity index (χ4n) is 1.73. The van der Waals surface area contributed by atoms with Crippen molar-refractivity contribution in [2.45, 2.75) is 0 Å². The second kappa shape index (κ2) is 6.24. The van der Waals surface area contributed by atoms with E-state index in [2.05, 4.69) is 31.2 Å². The molecule has 0 spiro atoms. The highest BCUT2D eigenvalue weighted by atomic mass is 79.9. The molecule has 1 saturated heterocycles. The summed E-state index contributed by atoms with van der Waals surface area (Å²) in [5, 5.41) is 3.34. The molecule has 0 bridgehead atoms. The van der Waals surface area contributed by atoms with Crippen LogP contribution in [0.5, 0.6) is 0 Å². The summed E-state index contributed by atoms with van der Waals surface area (Å²) < 4.78 is 0.992. The molecule has 104 valence electrons. The smallest absolute Gasteiger partial charge is 0.264 e. The van der Waals surface area contributed by atoms with Crippen LogP contribution in [0.25, 0.3) is 6.08 Å². The van der Waals surface area contributed by atoms with E-state index in [4.69, 9.17) is 0 Å². The average Bonchev–Trinajstić information content (AvgIpc) is 2.82. The van der Waals surface area contributed by atoms with Crippen LogP contribution in [0.1, 0.15) is 5.56 Å². The van der Waals surface area contributed by atoms with Crippen molar-refractivity contribution in [3.05, 3.63) is 63.7 Å². The van der Waals surface area contributed by atoms with Crippen LogP contribution in [-0.2, 0) is 4.79 Å². The van der Waals surface area contributed by atoms with Gasteiger partial charge in [0, 0.05) is 16.9 Å². The minimum absolute atomic E-state index is 0.139. The number of pyridine rings is 1. The second-order valence-corrected chi connectivity index (χ2v) is 6.19. The first-order valence-electron chi connectivity index (χ1n) is 6.16. The highest BCUT2D eigenvalue weighted by Crippen LogP contribution is 2.28. The maximum absolute atomic E-state index is 11.9. The van der Waals surface area contributed by atoms with Crippen LogP contribution in [0.2, 0.25) is 0 Å². The Morgan fingerprint density at radius 2 is 2.05 bits per heavy atom. The molecule has 4 nitrogen and oxygen atoms in total. The van der Waals surface area contributed by atoms with Crippen molar-refractivity contribution < 1.29 is 4.79 Å². The van der Waals surface area contributed by atoms with E-state index >= 15 is 0 Å². The van der Waals surface area contributed by atoms with E-state index in [0.717, 1.165) is 15.7 Å². The molecular weight excluding hydrogens is 350 g/mol. The van der Waals surface area contributed by atoms with E-state index in [0.29, 0.717) is 10.1 Å². The van der Waals surface area contributed by atoms with Gasteiger partial charge in [0.2, 0.25) is 0 Å². The molecule has 1 fully saturated rings. The number of hydrogen-bond donors (Lipinski definition) is 1. The SMILES string of the molecule is O=C1NC(=Nc2ccc(Br)cc2)S/C1=C/c1cccnc1. The minimum atomic E-state index is -0.139. The van der Waals surface area contributed by atoms with Gasteiger partial charge in [0.25, 0.3) is 5.91 Å². The summed E-state index contributed by atoms with van der Waals surface area (Å²) in [7, 11) is 0. The number of carbonyl (C=O) groups is 1. The molecular formula is C15H10BrN3OS. The maximum atomic E-state index is 11.9. The first kappa shape index (κ1) is 14.0. The number of hydrogen-bond acceptors (Lipinski definition) is 4. The Balaban J connectivity index is 1.81. The van der Waals surface area contributed by atoms with E-state index < -0.39 is 0 Å². The number of benzene rings is 1. The van der Waals surface area contributed by atoms with Crippen molar-refractivity contribution in [3.63, 3.8) is 0 Å². The second-order valence-electron chi connectivity index (χ2n) is 4.24. The summed E-state index contributed by atoms with van der Waals surface area (Å²) in [5.74, 6) is -0.139. The summed E-state index contributed by atoms with van der Waals surface area (Å²) in [4.78, 5) is 21.0. The zero-order chi connectivity index (χ0) is 14.7. The summed E-state index contributed by atoms with van der Waals surface area (Å²) in [6.07, 6.45) is 5.21. The van der Waals surface area contributed by atoms with Crippen molar-refractivity contribution in [1.29, 1.82) is 0 Å². The molecule has 1 aliphatic heterocycles. The summed E-state index contributed by atoms with van der Waals surface area (Å²) in [6.45, 7) is 0. The van der Waals surface area contributed by atoms with E-state index in [9.17, 15) is 4.79 Å². The Bertz CT molecular complexity index is 726. The Morgan fingerprint density at radius 3 is 2.76 bits per heavy atom. The van der Waals surface area contributed by atoms with Gasteiger partial charge in [-0.1, -0.05) is 22.0 Å². The summed E-state index contributed by atoms with van der Waals surface area (Å²) >= 11 is 4.70. The molecule has 6 heteroatoms. The van der Waals surface area contributed by atoms with Crippen LogP contribution in [-0.4, -0.2) is 16.1 Å². The Labute approximate surface area is 134 Å². The van der Waals surface area contributed by atoms with Gasteiger partial charge >= 0.3 is 0 Å². The fraction of sp³-hybridized carbons (Fsp3) is 0. The van der Waals surface area contributed by atoms with Crippen LogP contribution in [0, 0.1) is 0 Å². The van der Waals surface area contributed by atoms with Gasteiger partial charge in [-0.15, -0.1) is 0 Å². The van der Waals surface area contributed by atoms with Crippen molar-refractivity contribution in [1.82, 2.24) is 10.3 Å². The number of aliphatic imine (C=N–C) groups is 1. The lowest BCUT2D eigenvalue weighted by molar-refractivity contribution is -0.115. The largest absolute Gasteiger partial charge is 0.300 e. The predicted molar refractivity (Wildman–Crippen MR) is 89.2 cm³/mol. The van der Waals surface area contributed by atoms with Crippen LogP contribution in [0.3, 0.4) is 0 Å². The number of rotatable bonds is 2. The number of nitrogens with zero attached hydrogens (tertiary/aromatic N) is 2. The molecule has 3 rings (SSSR count). The lowest BCUT2D eigenvalue weighted by Gasteiger charge is -1.96. The molecule has 2 aromatic rings. The van der Waals surface area contributed by atoms with Crippen LogP contribution < -0.4 is 5.32 Å². The molecule has 1 aliphatic rings. The molecule has 0 radical (unpaired) electrons. The first-order valence-corrected chi connectivity index (χ1v) is 7.77. The Hall–Kier alpha value is -1.92. The number of thioether (sulfide) groups is 1. The van der Waals surface area contributed by atoms with Gasteiger partial charge in [-0.2, -0.15) is 0 Å². The molecule has 21 heavy (non-hydrogen) atoms. The van der Waals surface area contributed by atoms with Crippen molar-refractivity contribution in [3.8, 4) is 0 Å². The zero-order valence-corrected chi connectivity index (χ0v) is 13.2. The van der Waals surface area contributed by atoms with Gasteiger partial charge in [-0.25, -0.2) is 4.99 Å². The zero-order valence-electron chi connectivity index (χ0n) is 10.8. The number of aromatic nitrogens is 1. The first-order chi connectivity index (χ1) is 10.2. The predicted octanol–water partition coefficient (Wildman–Crippen LogP) is 3.74. The Kier molecular flexibility index (Phi) is 4.17. The number of halogens is 1. The third-order valence-electron chi connectivity index (χ3n) is 2.69. The van der Waals surface area contributed by atoms with E-state index in [-0.39, 0.29) is 5.91 Å². The van der Waals surface area contributed by atoms with Gasteiger partial charge in [0.15, 0.2) is 5.17 Å². The summed E-state index contributed by atoms with van der Waals surface area (Å²) in [6, 6.07) is 11.3. The van der Waals surface area contributed by atoms with Gasteiger partial charge < -0.3 is 5.32 Å². The standard InChI is InChI=1S/C15H10BrN3OS/c16-11-3-5-12(6-4-11)18-15-19-14(20)13(21-15)8-10-2-1-7-17-9-10/h1-9H,(H,18,19,20)/b13-8+. The molecule has 1 N–H and O–H groups in total. The highest BCUT2D eigenvalue weighted by molar-refractivity contribution is 9.10. The van der Waals surface area contributed by atoms with Gasteiger partial charge in [0.05, 0.1) is 10.6 Å². The average molecular weight is 360 g/mol. The Morgan fingerprint density at radius 1 is 1.24 bits per heavy atom. The molecule has 0 saturated carbocycles. The van der Waals surface area contributed by atoms with Crippen LogP contribution in [0.15, 0.2) is 63.2 Å². The number of amides is 1. The number of amidine groups is 1. The fourth-order valence-corrected chi connectivity index (χ4v) is 2.83.